The van der Waals surface area contributed by atoms with Crippen LogP contribution in [0.3, 0.4) is 0 Å². The molecule has 2 rings (SSSR count). The molecule has 6 heteroatoms. The Hall–Kier alpha value is -1.56. The summed E-state index contributed by atoms with van der Waals surface area (Å²) in [6.07, 6.45) is 9.57. The molecule has 0 aromatic heterocycles. The van der Waals surface area contributed by atoms with Crippen LogP contribution in [0.15, 0.2) is 36.4 Å². The third-order valence-corrected chi connectivity index (χ3v) is 5.96. The molecule has 4 atom stereocenters. The average Bonchev–Trinajstić information content (AvgIpc) is 3.06. The number of aliphatic hydroxyl groups excluding tert-OH is 2. The molecule has 1 aliphatic rings. The maximum atomic E-state index is 11.5. The van der Waals surface area contributed by atoms with Crippen LogP contribution in [0.2, 0.25) is 5.02 Å². The highest BCUT2D eigenvalue weighted by Crippen LogP contribution is 2.38. The predicted molar refractivity (Wildman–Crippen MR) is 123 cm³/mol. The first-order valence-electron chi connectivity index (χ1n) is 11.4. The number of unbranched alkanes of at least 4 members (excludes halogenated alkanes) is 1. The first-order chi connectivity index (χ1) is 14.8. The number of esters is 1. The fourth-order valence-corrected chi connectivity index (χ4v) is 4.32. The molecule has 0 bridgehead atoms. The summed E-state index contributed by atoms with van der Waals surface area (Å²) in [5, 5.41) is 21.3. The van der Waals surface area contributed by atoms with Crippen LogP contribution < -0.4 is 4.74 Å². The van der Waals surface area contributed by atoms with E-state index in [4.69, 9.17) is 21.1 Å². The topological polar surface area (TPSA) is 76.0 Å². The van der Waals surface area contributed by atoms with Crippen LogP contribution in [0.5, 0.6) is 5.75 Å². The summed E-state index contributed by atoms with van der Waals surface area (Å²) in [6.45, 7) is 3.93. The molecule has 0 amide bonds. The second-order valence-electron chi connectivity index (χ2n) is 8.71. The fourth-order valence-electron chi connectivity index (χ4n) is 4.14. The number of carbonyl (C=O) groups is 1. The summed E-state index contributed by atoms with van der Waals surface area (Å²) in [6, 6.07) is 7.13. The Kier molecular flexibility index (Phi) is 11.4. The lowest BCUT2D eigenvalue weighted by atomic mass is 9.87. The zero-order valence-electron chi connectivity index (χ0n) is 18.7. The van der Waals surface area contributed by atoms with Gasteiger partial charge in [0.25, 0.3) is 0 Å². The van der Waals surface area contributed by atoms with Crippen molar-refractivity contribution in [2.45, 2.75) is 83.5 Å². The molecule has 5 nitrogen and oxygen atoms in total. The molecule has 1 aromatic rings. The fraction of sp³-hybridized carbons (Fsp3) is 0.640. The number of allylic oxidation sites excluding steroid dienone is 2. The maximum Gasteiger partial charge on any atom is 0.306 e. The van der Waals surface area contributed by atoms with Gasteiger partial charge in [0.05, 0.1) is 18.3 Å². The highest BCUT2D eigenvalue weighted by molar-refractivity contribution is 6.30. The minimum Gasteiger partial charge on any atom is -0.491 e. The van der Waals surface area contributed by atoms with Gasteiger partial charge in [-0.25, -0.2) is 0 Å². The first kappa shape index (κ1) is 25.7. The summed E-state index contributed by atoms with van der Waals surface area (Å²) in [5.74, 6) is 1.14. The van der Waals surface area contributed by atoms with Gasteiger partial charge >= 0.3 is 5.97 Å². The van der Waals surface area contributed by atoms with E-state index >= 15 is 0 Å². The Labute approximate surface area is 191 Å². The molecule has 2 N–H and O–H groups in total. The van der Waals surface area contributed by atoms with Crippen LogP contribution in [0, 0.1) is 11.8 Å². The Morgan fingerprint density at radius 1 is 1.29 bits per heavy atom. The molecule has 1 aliphatic carbocycles. The highest BCUT2D eigenvalue weighted by atomic mass is 35.5. The molecule has 1 fully saturated rings. The van der Waals surface area contributed by atoms with Gasteiger partial charge in [-0.05, 0) is 88.8 Å². The summed E-state index contributed by atoms with van der Waals surface area (Å²) < 4.78 is 10.7. The Bertz CT molecular complexity index is 690. The number of rotatable bonds is 13. The lowest BCUT2D eigenvalue weighted by Gasteiger charge is -2.22. The van der Waals surface area contributed by atoms with E-state index in [0.717, 1.165) is 38.5 Å². The van der Waals surface area contributed by atoms with Gasteiger partial charge in [-0.2, -0.15) is 0 Å². The van der Waals surface area contributed by atoms with E-state index in [0.29, 0.717) is 29.5 Å². The van der Waals surface area contributed by atoms with Gasteiger partial charge in [-0.3, -0.25) is 4.79 Å². The molecule has 174 valence electrons. The average molecular weight is 453 g/mol. The zero-order chi connectivity index (χ0) is 22.6. The van der Waals surface area contributed by atoms with Crippen LogP contribution in [-0.4, -0.2) is 41.1 Å². The molecular formula is C25H37ClO5. The third-order valence-electron chi connectivity index (χ3n) is 5.73. The summed E-state index contributed by atoms with van der Waals surface area (Å²) in [4.78, 5) is 11.5. The molecule has 0 heterocycles. The predicted octanol–water partition coefficient (Wildman–Crippen LogP) is 5.32. The van der Waals surface area contributed by atoms with Gasteiger partial charge < -0.3 is 19.7 Å². The minimum atomic E-state index is -0.575. The first-order valence-corrected chi connectivity index (χ1v) is 11.8. The van der Waals surface area contributed by atoms with Gasteiger partial charge in [0.1, 0.15) is 12.4 Å². The van der Waals surface area contributed by atoms with E-state index in [9.17, 15) is 15.0 Å². The van der Waals surface area contributed by atoms with E-state index < -0.39 is 6.10 Å². The SMILES string of the molecule is CC(C)OC(=O)CCCC=CC[C@H]1CC[C@@H](O)[C@@H]1CC[C@@H](O)COc1cccc(Cl)c1. The van der Waals surface area contributed by atoms with Crippen molar-refractivity contribution in [1.29, 1.82) is 0 Å². The van der Waals surface area contributed by atoms with E-state index in [1.54, 1.807) is 12.1 Å². The van der Waals surface area contributed by atoms with Crippen LogP contribution in [0.1, 0.15) is 65.2 Å². The van der Waals surface area contributed by atoms with Crippen LogP contribution in [0.4, 0.5) is 0 Å². The molecule has 31 heavy (non-hydrogen) atoms. The van der Waals surface area contributed by atoms with E-state index in [1.165, 1.54) is 0 Å². The van der Waals surface area contributed by atoms with E-state index in [1.807, 2.05) is 26.0 Å². The second kappa shape index (κ2) is 13.8. The normalized spacial score (nSPS) is 22.2. The van der Waals surface area contributed by atoms with Crippen molar-refractivity contribution in [2.75, 3.05) is 6.61 Å². The van der Waals surface area contributed by atoms with Crippen molar-refractivity contribution in [3.05, 3.63) is 41.4 Å². The number of aliphatic hydroxyl groups is 2. The zero-order valence-corrected chi connectivity index (χ0v) is 19.5. The van der Waals surface area contributed by atoms with Crippen LogP contribution in [-0.2, 0) is 9.53 Å². The summed E-state index contributed by atoms with van der Waals surface area (Å²) in [7, 11) is 0. The quantitative estimate of drug-likeness (QED) is 0.241. The second-order valence-corrected chi connectivity index (χ2v) is 9.14. The molecule has 1 aromatic carbocycles. The highest BCUT2D eigenvalue weighted by Gasteiger charge is 2.34. The van der Waals surface area contributed by atoms with Crippen LogP contribution in [0.25, 0.3) is 0 Å². The van der Waals surface area contributed by atoms with Crippen molar-refractivity contribution in [3.8, 4) is 5.75 Å². The van der Waals surface area contributed by atoms with E-state index in [2.05, 4.69) is 12.2 Å². The van der Waals surface area contributed by atoms with Crippen molar-refractivity contribution in [2.24, 2.45) is 11.8 Å². The Morgan fingerprint density at radius 3 is 2.84 bits per heavy atom. The third kappa shape index (κ3) is 10.1. The number of hydrogen-bond acceptors (Lipinski definition) is 5. The molecule has 0 aliphatic heterocycles. The van der Waals surface area contributed by atoms with Gasteiger partial charge in [0, 0.05) is 11.4 Å². The molecule has 0 radical (unpaired) electrons. The van der Waals surface area contributed by atoms with Crippen molar-refractivity contribution in [3.63, 3.8) is 0 Å². The van der Waals surface area contributed by atoms with Crippen molar-refractivity contribution < 1.29 is 24.5 Å². The number of hydrogen-bond donors (Lipinski definition) is 2. The van der Waals surface area contributed by atoms with Crippen LogP contribution >= 0.6 is 11.6 Å². The molecule has 0 spiro atoms. The van der Waals surface area contributed by atoms with Gasteiger partial charge in [0.15, 0.2) is 0 Å². The smallest absolute Gasteiger partial charge is 0.306 e. The molecular weight excluding hydrogens is 416 g/mol. The summed E-state index contributed by atoms with van der Waals surface area (Å²) in [5.41, 5.74) is 0. The molecule has 1 saturated carbocycles. The van der Waals surface area contributed by atoms with Gasteiger partial charge in [-0.1, -0.05) is 29.8 Å². The largest absolute Gasteiger partial charge is 0.491 e. The standard InChI is InChI=1S/C25H37ClO5/c1-18(2)31-25(29)11-6-4-3-5-8-19-12-15-24(28)23(19)14-13-21(27)17-30-22-10-7-9-20(26)16-22/h3,5,7,9-10,16,18-19,21,23-24,27-28H,4,6,8,11-15,17H2,1-2H3/t19-,21+,23+,24+/m0/s1. The molecule has 0 saturated heterocycles. The number of halogens is 1. The van der Waals surface area contributed by atoms with Gasteiger partial charge in [0.2, 0.25) is 0 Å². The Morgan fingerprint density at radius 2 is 2.10 bits per heavy atom. The number of benzene rings is 1. The summed E-state index contributed by atoms with van der Waals surface area (Å²) >= 11 is 5.94. The lowest BCUT2D eigenvalue weighted by molar-refractivity contribution is -0.147. The maximum absolute atomic E-state index is 11.5. The molecule has 0 unspecified atom stereocenters. The Balaban J connectivity index is 1.66. The van der Waals surface area contributed by atoms with Crippen molar-refractivity contribution in [1.82, 2.24) is 0 Å². The monoisotopic (exact) mass is 452 g/mol. The number of carbonyl (C=O) groups excluding carboxylic acids is 1. The lowest BCUT2D eigenvalue weighted by Crippen LogP contribution is -2.24. The van der Waals surface area contributed by atoms with E-state index in [-0.39, 0.29) is 30.7 Å². The minimum absolute atomic E-state index is 0.0595. The van der Waals surface area contributed by atoms with Crippen molar-refractivity contribution >= 4 is 17.6 Å². The number of ether oxygens (including phenoxy) is 2. The van der Waals surface area contributed by atoms with Gasteiger partial charge in [-0.15, -0.1) is 0 Å².